The molecule has 0 N–H and O–H groups in total. The Morgan fingerprint density at radius 2 is 1.55 bits per heavy atom. The SMILES string of the molecule is CCCCCCCCOc1ccc(CCOS(C)(=O)=O)cc1. The highest BCUT2D eigenvalue weighted by Gasteiger charge is 2.02. The molecule has 126 valence electrons. The highest BCUT2D eigenvalue weighted by atomic mass is 32.2. The van der Waals surface area contributed by atoms with Crippen LogP contribution in [0.3, 0.4) is 0 Å². The van der Waals surface area contributed by atoms with Crippen LogP contribution in [-0.2, 0) is 20.7 Å². The van der Waals surface area contributed by atoms with Crippen molar-refractivity contribution in [2.45, 2.75) is 51.9 Å². The van der Waals surface area contributed by atoms with Crippen LogP contribution in [0.2, 0.25) is 0 Å². The van der Waals surface area contributed by atoms with Crippen LogP contribution in [0.25, 0.3) is 0 Å². The number of unbranched alkanes of at least 4 members (excludes halogenated alkanes) is 5. The van der Waals surface area contributed by atoms with Gasteiger partial charge in [-0.1, -0.05) is 51.2 Å². The van der Waals surface area contributed by atoms with Crippen LogP contribution < -0.4 is 4.74 Å². The molecule has 0 aliphatic rings. The lowest BCUT2D eigenvalue weighted by Crippen LogP contribution is -2.06. The summed E-state index contributed by atoms with van der Waals surface area (Å²) in [5.41, 5.74) is 1.04. The zero-order valence-electron chi connectivity index (χ0n) is 13.7. The third kappa shape index (κ3) is 9.79. The minimum absolute atomic E-state index is 0.177. The first-order valence-electron chi connectivity index (χ1n) is 8.07. The highest BCUT2D eigenvalue weighted by Crippen LogP contribution is 2.14. The van der Waals surface area contributed by atoms with Crippen LogP contribution in [0.1, 0.15) is 51.0 Å². The van der Waals surface area contributed by atoms with Gasteiger partial charge in [-0.05, 0) is 30.5 Å². The van der Waals surface area contributed by atoms with Crippen molar-refractivity contribution in [2.24, 2.45) is 0 Å². The van der Waals surface area contributed by atoms with E-state index in [1.807, 2.05) is 24.3 Å². The molecule has 0 fully saturated rings. The number of hydrogen-bond acceptors (Lipinski definition) is 4. The van der Waals surface area contributed by atoms with Crippen LogP contribution in [-0.4, -0.2) is 27.9 Å². The van der Waals surface area contributed by atoms with Crippen molar-refractivity contribution in [3.63, 3.8) is 0 Å². The molecule has 0 aliphatic heterocycles. The molecular formula is C17H28O4S. The molecule has 0 aliphatic carbocycles. The minimum Gasteiger partial charge on any atom is -0.494 e. The van der Waals surface area contributed by atoms with Gasteiger partial charge in [0.1, 0.15) is 5.75 Å². The second kappa shape index (κ2) is 10.6. The van der Waals surface area contributed by atoms with Crippen LogP contribution in [0.5, 0.6) is 5.75 Å². The van der Waals surface area contributed by atoms with Crippen LogP contribution in [0.15, 0.2) is 24.3 Å². The minimum atomic E-state index is -3.35. The number of rotatable bonds is 12. The average molecular weight is 328 g/mol. The predicted octanol–water partition coefficient (Wildman–Crippen LogP) is 3.94. The van der Waals surface area contributed by atoms with Gasteiger partial charge in [-0.2, -0.15) is 8.42 Å². The fourth-order valence-electron chi connectivity index (χ4n) is 2.14. The molecule has 0 spiro atoms. The second-order valence-corrected chi connectivity index (χ2v) is 7.18. The molecule has 0 bridgehead atoms. The second-order valence-electron chi connectivity index (χ2n) is 5.54. The first-order chi connectivity index (χ1) is 10.5. The van der Waals surface area contributed by atoms with E-state index < -0.39 is 10.1 Å². The van der Waals surface area contributed by atoms with E-state index in [0.29, 0.717) is 6.42 Å². The summed E-state index contributed by atoms with van der Waals surface area (Å²) in [6, 6.07) is 7.74. The van der Waals surface area contributed by atoms with Gasteiger partial charge in [0.2, 0.25) is 0 Å². The summed E-state index contributed by atoms with van der Waals surface area (Å²) in [4.78, 5) is 0. The van der Waals surface area contributed by atoms with Crippen molar-refractivity contribution in [1.82, 2.24) is 0 Å². The van der Waals surface area contributed by atoms with Crippen LogP contribution >= 0.6 is 0 Å². The largest absolute Gasteiger partial charge is 0.494 e. The van der Waals surface area contributed by atoms with Gasteiger partial charge >= 0.3 is 0 Å². The average Bonchev–Trinajstić information content (AvgIpc) is 2.46. The molecule has 1 aromatic carbocycles. The Balaban J connectivity index is 2.16. The monoisotopic (exact) mass is 328 g/mol. The van der Waals surface area contributed by atoms with E-state index in [0.717, 1.165) is 30.6 Å². The Kier molecular flexibility index (Phi) is 9.16. The van der Waals surface area contributed by atoms with Gasteiger partial charge in [-0.3, -0.25) is 4.18 Å². The molecule has 0 amide bonds. The summed E-state index contributed by atoms with van der Waals surface area (Å²) in [7, 11) is -3.35. The van der Waals surface area contributed by atoms with E-state index in [9.17, 15) is 8.42 Å². The van der Waals surface area contributed by atoms with Gasteiger partial charge in [-0.15, -0.1) is 0 Å². The van der Waals surface area contributed by atoms with Crippen molar-refractivity contribution < 1.29 is 17.3 Å². The Bertz CT molecular complexity index is 494. The Hall–Kier alpha value is -1.07. The smallest absolute Gasteiger partial charge is 0.264 e. The lowest BCUT2D eigenvalue weighted by molar-refractivity contribution is 0.304. The summed E-state index contributed by atoms with van der Waals surface area (Å²) >= 11 is 0. The molecule has 5 heteroatoms. The van der Waals surface area contributed by atoms with Crippen LogP contribution in [0, 0.1) is 0 Å². The maximum Gasteiger partial charge on any atom is 0.264 e. The van der Waals surface area contributed by atoms with Crippen molar-refractivity contribution >= 4 is 10.1 Å². The van der Waals surface area contributed by atoms with E-state index in [-0.39, 0.29) is 6.61 Å². The summed E-state index contributed by atoms with van der Waals surface area (Å²) in [5, 5.41) is 0. The quantitative estimate of drug-likeness (QED) is 0.431. The molecule has 22 heavy (non-hydrogen) atoms. The molecule has 0 radical (unpaired) electrons. The number of hydrogen-bond donors (Lipinski definition) is 0. The Morgan fingerprint density at radius 1 is 0.909 bits per heavy atom. The highest BCUT2D eigenvalue weighted by molar-refractivity contribution is 7.85. The zero-order chi connectivity index (χ0) is 16.3. The summed E-state index contributed by atoms with van der Waals surface area (Å²) in [6.07, 6.45) is 9.16. The predicted molar refractivity (Wildman–Crippen MR) is 89.8 cm³/mol. The maximum atomic E-state index is 10.9. The third-order valence-corrected chi connectivity index (χ3v) is 3.97. The van der Waals surface area contributed by atoms with Crippen molar-refractivity contribution in [3.05, 3.63) is 29.8 Å². The topological polar surface area (TPSA) is 52.6 Å². The fraction of sp³-hybridized carbons (Fsp3) is 0.647. The first-order valence-corrected chi connectivity index (χ1v) is 9.89. The van der Waals surface area contributed by atoms with Gasteiger partial charge in [-0.25, -0.2) is 0 Å². The van der Waals surface area contributed by atoms with Crippen molar-refractivity contribution in [3.8, 4) is 5.75 Å². The van der Waals surface area contributed by atoms with Crippen molar-refractivity contribution in [2.75, 3.05) is 19.5 Å². The Labute approximate surface area is 135 Å². The summed E-state index contributed by atoms with van der Waals surface area (Å²) in [6.45, 7) is 3.15. The summed E-state index contributed by atoms with van der Waals surface area (Å²) in [5.74, 6) is 0.862. The molecule has 0 unspecified atom stereocenters. The first kappa shape index (κ1) is 19.0. The Morgan fingerprint density at radius 3 is 2.18 bits per heavy atom. The lowest BCUT2D eigenvalue weighted by atomic mass is 10.1. The van der Waals surface area contributed by atoms with E-state index >= 15 is 0 Å². The van der Waals surface area contributed by atoms with Crippen molar-refractivity contribution in [1.29, 1.82) is 0 Å². The molecule has 0 atom stereocenters. The molecule has 1 aromatic rings. The number of ether oxygens (including phenoxy) is 1. The zero-order valence-corrected chi connectivity index (χ0v) is 14.5. The fourth-order valence-corrected chi connectivity index (χ4v) is 2.52. The van der Waals surface area contributed by atoms with Gasteiger partial charge in [0.15, 0.2) is 0 Å². The van der Waals surface area contributed by atoms with Gasteiger partial charge in [0, 0.05) is 0 Å². The van der Waals surface area contributed by atoms with E-state index in [2.05, 4.69) is 6.92 Å². The molecule has 0 aromatic heterocycles. The van der Waals surface area contributed by atoms with E-state index in [1.54, 1.807) is 0 Å². The van der Waals surface area contributed by atoms with Gasteiger partial charge in [0.05, 0.1) is 19.5 Å². The van der Waals surface area contributed by atoms with E-state index in [4.69, 9.17) is 8.92 Å². The molecular weight excluding hydrogens is 300 g/mol. The van der Waals surface area contributed by atoms with Gasteiger partial charge < -0.3 is 4.74 Å². The molecule has 4 nitrogen and oxygen atoms in total. The normalized spacial score (nSPS) is 11.5. The number of benzene rings is 1. The molecule has 1 rings (SSSR count). The van der Waals surface area contributed by atoms with Gasteiger partial charge in [0.25, 0.3) is 10.1 Å². The molecule has 0 saturated carbocycles. The molecule has 0 saturated heterocycles. The standard InChI is InChI=1S/C17H28O4S/c1-3-4-5-6-7-8-14-20-17-11-9-16(10-12-17)13-15-21-22(2,18)19/h9-12H,3-8,13-15H2,1-2H3. The maximum absolute atomic E-state index is 10.9. The third-order valence-electron chi connectivity index (χ3n) is 3.38. The molecule has 0 heterocycles. The van der Waals surface area contributed by atoms with E-state index in [1.165, 1.54) is 32.1 Å². The summed E-state index contributed by atoms with van der Waals surface area (Å²) < 4.78 is 32.1. The lowest BCUT2D eigenvalue weighted by Gasteiger charge is -2.07. The van der Waals surface area contributed by atoms with Crippen LogP contribution in [0.4, 0.5) is 0 Å².